The molecule has 0 radical (unpaired) electrons. The third-order valence-corrected chi connectivity index (χ3v) is 8.10. The summed E-state index contributed by atoms with van der Waals surface area (Å²) < 4.78 is 73.5. The Morgan fingerprint density at radius 3 is 2.51 bits per heavy atom. The fourth-order valence-corrected chi connectivity index (χ4v) is 6.09. The van der Waals surface area contributed by atoms with Gasteiger partial charge >= 0.3 is 6.18 Å². The molecule has 5 rings (SSSR count). The number of nitrogens with zero attached hydrogens (tertiary/aromatic N) is 1. The van der Waals surface area contributed by atoms with Gasteiger partial charge in [-0.1, -0.05) is 23.7 Å². The quantitative estimate of drug-likeness (QED) is 0.224. The second-order valence-electron chi connectivity index (χ2n) is 9.46. The molecular formula is C29H22ClF5N2O3S. The van der Waals surface area contributed by atoms with Crippen molar-refractivity contribution in [3.8, 4) is 5.75 Å². The largest absolute Gasteiger partial charge is 0.497 e. The summed E-state index contributed by atoms with van der Waals surface area (Å²) in [5.74, 6) is -2.11. The van der Waals surface area contributed by atoms with Gasteiger partial charge in [-0.15, -0.1) is 11.3 Å². The van der Waals surface area contributed by atoms with Crippen molar-refractivity contribution in [3.63, 3.8) is 0 Å². The number of rotatable bonds is 6. The molecule has 5 nitrogen and oxygen atoms in total. The lowest BCUT2D eigenvalue weighted by molar-refractivity contribution is -0.137. The van der Waals surface area contributed by atoms with Gasteiger partial charge in [-0.25, -0.2) is 8.78 Å². The first-order valence-electron chi connectivity index (χ1n) is 12.3. The van der Waals surface area contributed by atoms with E-state index >= 15 is 0 Å². The lowest BCUT2D eigenvalue weighted by atomic mass is 9.89. The highest BCUT2D eigenvalue weighted by molar-refractivity contribution is 7.14. The minimum Gasteiger partial charge on any atom is -0.497 e. The number of anilines is 1. The molecule has 0 saturated heterocycles. The zero-order valence-corrected chi connectivity index (χ0v) is 22.9. The number of hydrogen-bond donors (Lipinski definition) is 2. The Hall–Kier alpha value is -3.51. The van der Waals surface area contributed by atoms with Gasteiger partial charge in [0.1, 0.15) is 28.6 Å². The molecule has 1 amide bonds. The Labute approximate surface area is 240 Å². The zero-order valence-electron chi connectivity index (χ0n) is 21.3. The second kappa shape index (κ2) is 11.4. The highest BCUT2D eigenvalue weighted by atomic mass is 35.5. The minimum absolute atomic E-state index is 0.152. The molecule has 0 bridgehead atoms. The summed E-state index contributed by atoms with van der Waals surface area (Å²) in [4.78, 5) is 14.8. The number of alkyl halides is 3. The molecule has 1 aromatic heterocycles. The Bertz CT molecular complexity index is 1590. The van der Waals surface area contributed by atoms with Crippen LogP contribution in [-0.4, -0.2) is 29.3 Å². The molecule has 12 heteroatoms. The molecule has 2 atom stereocenters. The molecule has 41 heavy (non-hydrogen) atoms. The molecule has 0 aliphatic carbocycles. The average molecular weight is 609 g/mol. The van der Waals surface area contributed by atoms with Gasteiger partial charge < -0.3 is 15.2 Å². The van der Waals surface area contributed by atoms with Crippen LogP contribution in [0.15, 0.2) is 66.0 Å². The molecule has 2 unspecified atom stereocenters. The minimum atomic E-state index is -4.85. The topological polar surface area (TPSA) is 61.8 Å². The van der Waals surface area contributed by atoms with Gasteiger partial charge in [0.15, 0.2) is 0 Å². The monoisotopic (exact) mass is 608 g/mol. The molecule has 0 spiro atoms. The summed E-state index contributed by atoms with van der Waals surface area (Å²) >= 11 is 7.61. The molecule has 4 aromatic rings. The number of ether oxygens (including phenoxy) is 1. The van der Waals surface area contributed by atoms with Gasteiger partial charge in [0.2, 0.25) is 0 Å². The Morgan fingerprint density at radius 2 is 1.83 bits per heavy atom. The Morgan fingerprint density at radius 1 is 1.10 bits per heavy atom. The first-order chi connectivity index (χ1) is 19.4. The fourth-order valence-electron chi connectivity index (χ4n) is 4.87. The Kier molecular flexibility index (Phi) is 8.06. The van der Waals surface area contributed by atoms with Crippen LogP contribution < -0.4 is 10.1 Å². The number of nitrogens with one attached hydrogen (secondary N) is 1. The van der Waals surface area contributed by atoms with Crippen LogP contribution in [0.2, 0.25) is 5.02 Å². The number of aliphatic hydroxyl groups is 1. The third kappa shape index (κ3) is 6.08. The molecule has 2 N–H and O–H groups in total. The number of thiophene rings is 1. The fraction of sp³-hybridized carbons (Fsp3) is 0.207. The highest BCUT2D eigenvalue weighted by Gasteiger charge is 2.39. The number of amides is 1. The van der Waals surface area contributed by atoms with Gasteiger partial charge in [-0.3, -0.25) is 9.69 Å². The van der Waals surface area contributed by atoms with E-state index in [1.54, 1.807) is 22.4 Å². The molecule has 3 aromatic carbocycles. The smallest absolute Gasteiger partial charge is 0.416 e. The number of benzene rings is 3. The van der Waals surface area contributed by atoms with E-state index in [0.29, 0.717) is 40.6 Å². The van der Waals surface area contributed by atoms with Crippen LogP contribution in [0.4, 0.5) is 27.0 Å². The maximum absolute atomic E-state index is 14.5. The van der Waals surface area contributed by atoms with Gasteiger partial charge in [0, 0.05) is 29.1 Å². The number of hydrogen-bond acceptors (Lipinski definition) is 5. The van der Waals surface area contributed by atoms with E-state index in [-0.39, 0.29) is 23.0 Å². The van der Waals surface area contributed by atoms with Crippen molar-refractivity contribution in [1.29, 1.82) is 0 Å². The molecule has 1 aliphatic rings. The molecule has 0 fully saturated rings. The number of halogens is 6. The van der Waals surface area contributed by atoms with Gasteiger partial charge in [-0.2, -0.15) is 13.2 Å². The summed E-state index contributed by atoms with van der Waals surface area (Å²) in [6.07, 6.45) is -5.72. The third-order valence-electron chi connectivity index (χ3n) is 6.79. The van der Waals surface area contributed by atoms with E-state index in [1.165, 1.54) is 25.3 Å². The first kappa shape index (κ1) is 29.0. The van der Waals surface area contributed by atoms with Crippen LogP contribution in [0.1, 0.15) is 44.2 Å². The van der Waals surface area contributed by atoms with Crippen LogP contribution in [0.5, 0.6) is 5.75 Å². The maximum Gasteiger partial charge on any atom is 0.416 e. The van der Waals surface area contributed by atoms with E-state index < -0.39 is 47.1 Å². The van der Waals surface area contributed by atoms with Gasteiger partial charge in [0.25, 0.3) is 5.91 Å². The van der Waals surface area contributed by atoms with Crippen LogP contribution in [0, 0.1) is 11.6 Å². The van der Waals surface area contributed by atoms with Gasteiger partial charge in [0.05, 0.1) is 18.7 Å². The van der Waals surface area contributed by atoms with E-state index in [9.17, 15) is 31.9 Å². The molecule has 2 heterocycles. The molecular weight excluding hydrogens is 587 g/mol. The second-order valence-corrected chi connectivity index (χ2v) is 10.7. The average Bonchev–Trinajstić information content (AvgIpc) is 3.31. The predicted molar refractivity (Wildman–Crippen MR) is 145 cm³/mol. The molecule has 0 saturated carbocycles. The number of carbonyl (C=O) groups is 1. The van der Waals surface area contributed by atoms with Crippen molar-refractivity contribution >= 4 is 33.8 Å². The van der Waals surface area contributed by atoms with E-state index in [1.807, 2.05) is 12.1 Å². The lowest BCUT2D eigenvalue weighted by Crippen LogP contribution is -2.43. The van der Waals surface area contributed by atoms with Crippen molar-refractivity contribution in [2.45, 2.75) is 31.4 Å². The van der Waals surface area contributed by atoms with Crippen molar-refractivity contribution in [2.75, 3.05) is 12.4 Å². The van der Waals surface area contributed by atoms with Crippen molar-refractivity contribution in [3.05, 3.63) is 116 Å². The van der Waals surface area contributed by atoms with Crippen LogP contribution >= 0.6 is 22.9 Å². The van der Waals surface area contributed by atoms with Crippen molar-refractivity contribution in [1.82, 2.24) is 4.90 Å². The Balaban J connectivity index is 1.57. The number of methoxy groups -OCH3 is 1. The van der Waals surface area contributed by atoms with Crippen molar-refractivity contribution < 1.29 is 36.6 Å². The van der Waals surface area contributed by atoms with Gasteiger partial charge in [-0.05, 0) is 70.6 Å². The predicted octanol–water partition coefficient (Wildman–Crippen LogP) is 7.43. The summed E-state index contributed by atoms with van der Waals surface area (Å²) in [5.41, 5.74) is 0.441. The summed E-state index contributed by atoms with van der Waals surface area (Å²) in [6.45, 7) is 0.199. The zero-order chi connectivity index (χ0) is 29.5. The summed E-state index contributed by atoms with van der Waals surface area (Å²) in [7, 11) is 1.53. The maximum atomic E-state index is 14.5. The first-order valence-corrected chi connectivity index (χ1v) is 13.5. The number of carbonyl (C=O) groups excluding carboxylic acids is 1. The number of aliphatic hydroxyl groups excluding tert-OH is 1. The summed E-state index contributed by atoms with van der Waals surface area (Å²) in [6, 6.07) is 11.7. The number of fused-ring (bicyclic) bond motifs is 1. The van der Waals surface area contributed by atoms with E-state index in [4.69, 9.17) is 16.3 Å². The van der Waals surface area contributed by atoms with Crippen molar-refractivity contribution in [2.24, 2.45) is 0 Å². The van der Waals surface area contributed by atoms with Crippen LogP contribution in [-0.2, 0) is 19.1 Å². The van der Waals surface area contributed by atoms with E-state index in [0.717, 1.165) is 16.9 Å². The standard InChI is InChI=1S/C29H22ClF5N2O3S/c1-40-21-5-2-15(3-6-21)13-37-24(38)10-17-14-41-28(25(17)26(37)22-12-19(31)4-7-23(22)30)36-27(39)16-8-18(29(33,34)35)11-20(32)9-16/h2-9,11-12,14,24,26,38H,10,13H2,1H3,(H,36,39). The van der Waals surface area contributed by atoms with Crippen LogP contribution in [0.25, 0.3) is 0 Å². The molecule has 214 valence electrons. The van der Waals surface area contributed by atoms with E-state index in [2.05, 4.69) is 5.32 Å². The SMILES string of the molecule is COc1ccc(CN2C(O)Cc3csc(NC(=O)c4cc(F)cc(C(F)(F)F)c4)c3C2c2cc(F)ccc2Cl)cc1. The lowest BCUT2D eigenvalue weighted by Gasteiger charge is -2.41. The molecule has 1 aliphatic heterocycles. The normalized spacial score (nSPS) is 17.3. The summed E-state index contributed by atoms with van der Waals surface area (Å²) in [5, 5.41) is 16.0. The highest BCUT2D eigenvalue weighted by Crippen LogP contribution is 2.47. The van der Waals surface area contributed by atoms with Crippen LogP contribution in [0.3, 0.4) is 0 Å².